The largest absolute Gasteiger partial charge is 0.472 e. The molecule has 0 aliphatic rings. The zero-order chi connectivity index (χ0) is 39.8. The molecule has 6 N–H and O–H groups in total. The Hall–Kier alpha value is -1.84. The number of phosphoric ester groups is 1. The number of aliphatic hydroxyl groups is 2. The Balaban J connectivity index is 4.30. The molecule has 10 heteroatoms. The van der Waals surface area contributed by atoms with Crippen LogP contribution in [0.3, 0.4) is 0 Å². The topological polar surface area (TPSA) is 151 Å². The molecule has 0 radical (unpaired) electrons. The fourth-order valence-electron chi connectivity index (χ4n) is 5.83. The minimum atomic E-state index is -4.41. The molecule has 0 aromatic rings. The first-order chi connectivity index (χ1) is 26.3. The van der Waals surface area contributed by atoms with E-state index in [-0.39, 0.29) is 19.6 Å². The predicted octanol–water partition coefficient (Wildman–Crippen LogP) is 10.9. The van der Waals surface area contributed by atoms with Crippen molar-refractivity contribution >= 4 is 13.7 Å². The van der Waals surface area contributed by atoms with Crippen molar-refractivity contribution in [3.05, 3.63) is 60.8 Å². The molecule has 0 aliphatic heterocycles. The highest BCUT2D eigenvalue weighted by Gasteiger charge is 2.27. The van der Waals surface area contributed by atoms with E-state index in [1.807, 2.05) is 6.08 Å². The average Bonchev–Trinajstić information content (AvgIpc) is 3.15. The lowest BCUT2D eigenvalue weighted by atomic mass is 10.0. The predicted molar refractivity (Wildman–Crippen MR) is 227 cm³/mol. The van der Waals surface area contributed by atoms with Crippen molar-refractivity contribution in [3.8, 4) is 0 Å². The van der Waals surface area contributed by atoms with Crippen LogP contribution in [0.2, 0.25) is 0 Å². The Morgan fingerprint density at radius 3 is 1.70 bits per heavy atom. The van der Waals surface area contributed by atoms with E-state index in [0.717, 1.165) is 77.0 Å². The summed E-state index contributed by atoms with van der Waals surface area (Å²) in [4.78, 5) is 22.7. The van der Waals surface area contributed by atoms with Crippen molar-refractivity contribution in [1.82, 2.24) is 5.32 Å². The summed E-state index contributed by atoms with van der Waals surface area (Å²) in [5.41, 5.74) is 5.35. The number of nitrogens with one attached hydrogen (secondary N) is 1. The zero-order valence-corrected chi connectivity index (χ0v) is 35.2. The second-order valence-electron chi connectivity index (χ2n) is 14.4. The molecule has 4 unspecified atom stereocenters. The van der Waals surface area contributed by atoms with E-state index < -0.39 is 38.6 Å². The number of aliphatic hydroxyl groups excluding tert-OH is 2. The van der Waals surface area contributed by atoms with E-state index in [2.05, 4.69) is 67.8 Å². The van der Waals surface area contributed by atoms with Crippen LogP contribution in [0.15, 0.2) is 60.8 Å². The van der Waals surface area contributed by atoms with Gasteiger partial charge in [0.1, 0.15) is 0 Å². The molecule has 0 aromatic carbocycles. The molecule has 0 spiro atoms. The highest BCUT2D eigenvalue weighted by molar-refractivity contribution is 7.47. The van der Waals surface area contributed by atoms with Gasteiger partial charge in [-0.1, -0.05) is 158 Å². The second-order valence-corrected chi connectivity index (χ2v) is 15.8. The summed E-state index contributed by atoms with van der Waals surface area (Å²) in [6.45, 7) is 3.84. The maximum atomic E-state index is 12.8. The zero-order valence-electron chi connectivity index (χ0n) is 34.3. The molecule has 314 valence electrons. The third-order valence-corrected chi connectivity index (χ3v) is 10.1. The minimum Gasteiger partial charge on any atom is -0.393 e. The van der Waals surface area contributed by atoms with Gasteiger partial charge in [0.2, 0.25) is 5.91 Å². The number of unbranched alkanes of at least 4 members (excludes halogenated alkanes) is 17. The van der Waals surface area contributed by atoms with Gasteiger partial charge in [0, 0.05) is 6.54 Å². The summed E-state index contributed by atoms with van der Waals surface area (Å²) in [5, 5.41) is 23.9. The lowest BCUT2D eigenvalue weighted by Gasteiger charge is -2.24. The highest BCUT2D eigenvalue weighted by Crippen LogP contribution is 2.43. The van der Waals surface area contributed by atoms with Gasteiger partial charge in [0.15, 0.2) is 0 Å². The second kappa shape index (κ2) is 39.4. The van der Waals surface area contributed by atoms with Crippen LogP contribution in [0.4, 0.5) is 0 Å². The summed E-state index contributed by atoms with van der Waals surface area (Å²) >= 11 is 0. The van der Waals surface area contributed by atoms with E-state index in [0.29, 0.717) is 12.8 Å². The molecular formula is C44H81N2O7P. The summed E-state index contributed by atoms with van der Waals surface area (Å²) < 4.78 is 22.0. The Kier molecular flexibility index (Phi) is 38.1. The highest BCUT2D eigenvalue weighted by atomic mass is 31.2. The van der Waals surface area contributed by atoms with Gasteiger partial charge in [-0.3, -0.25) is 13.8 Å². The number of carbonyl (C=O) groups excluding carboxylic acids is 1. The lowest BCUT2D eigenvalue weighted by molar-refractivity contribution is -0.124. The van der Waals surface area contributed by atoms with E-state index in [1.165, 1.54) is 64.2 Å². The summed E-state index contributed by atoms with van der Waals surface area (Å²) in [5.74, 6) is -0.472. The number of allylic oxidation sites excluding steroid dienone is 9. The molecule has 0 fully saturated rings. The van der Waals surface area contributed by atoms with Gasteiger partial charge in [-0.2, -0.15) is 0 Å². The number of hydrogen-bond acceptors (Lipinski definition) is 7. The van der Waals surface area contributed by atoms with Crippen molar-refractivity contribution < 1.29 is 33.5 Å². The molecule has 1 amide bonds. The van der Waals surface area contributed by atoms with Crippen molar-refractivity contribution in [1.29, 1.82) is 0 Å². The van der Waals surface area contributed by atoms with Crippen molar-refractivity contribution in [2.24, 2.45) is 5.73 Å². The maximum Gasteiger partial charge on any atom is 0.472 e. The summed E-state index contributed by atoms with van der Waals surface area (Å²) in [6, 6.07) is -1.01. The molecule has 0 heterocycles. The summed E-state index contributed by atoms with van der Waals surface area (Å²) in [6.07, 6.45) is 46.1. The van der Waals surface area contributed by atoms with Crippen LogP contribution >= 0.6 is 7.82 Å². The molecule has 0 saturated heterocycles. The van der Waals surface area contributed by atoms with Gasteiger partial charge < -0.3 is 26.2 Å². The molecule has 0 saturated carbocycles. The fourth-order valence-corrected chi connectivity index (χ4v) is 6.59. The van der Waals surface area contributed by atoms with Crippen molar-refractivity contribution in [2.45, 2.75) is 193 Å². The normalized spacial score (nSPS) is 15.3. The van der Waals surface area contributed by atoms with Gasteiger partial charge >= 0.3 is 7.82 Å². The maximum absolute atomic E-state index is 12.8. The smallest absolute Gasteiger partial charge is 0.393 e. The van der Waals surface area contributed by atoms with Crippen LogP contribution in [0.25, 0.3) is 0 Å². The standard InChI is InChI=1S/C44H81N2O7P/c1-3-5-7-9-11-13-15-16-17-18-19-20-21-22-23-24-26-27-29-31-33-35-41(47)39-44(49)46-42(40-53-54(50,51)52-38-37-45)43(48)36-34-32-30-28-25-14-12-10-8-6-4-2/h8,10,19-20,22-23,25,28,34,36,41-43,47-48H,3-7,9,11-18,21,24,26-27,29-33,35,37-40,45H2,1-2H3,(H,46,49)(H,50,51)/b10-8+,20-19-,23-22-,28-25+,36-34+. The third kappa shape index (κ3) is 37.1. The monoisotopic (exact) mass is 781 g/mol. The van der Waals surface area contributed by atoms with Crippen LogP contribution in [0.5, 0.6) is 0 Å². The number of rotatable bonds is 39. The fraction of sp³-hybridized carbons (Fsp3) is 0.750. The number of hydrogen-bond donors (Lipinski definition) is 5. The van der Waals surface area contributed by atoms with E-state index in [9.17, 15) is 24.5 Å². The molecule has 0 bridgehead atoms. The number of amides is 1. The molecule has 4 atom stereocenters. The van der Waals surface area contributed by atoms with Crippen molar-refractivity contribution in [3.63, 3.8) is 0 Å². The van der Waals surface area contributed by atoms with Crippen LogP contribution in [0, 0.1) is 0 Å². The van der Waals surface area contributed by atoms with Crippen molar-refractivity contribution in [2.75, 3.05) is 19.8 Å². The Morgan fingerprint density at radius 2 is 1.15 bits per heavy atom. The molecule has 0 aliphatic carbocycles. The Bertz CT molecular complexity index is 1050. The minimum absolute atomic E-state index is 0.0379. The lowest BCUT2D eigenvalue weighted by Crippen LogP contribution is -2.46. The molecule has 0 rings (SSSR count). The van der Waals surface area contributed by atoms with Crippen LogP contribution in [0.1, 0.15) is 174 Å². The number of phosphoric acid groups is 1. The first-order valence-electron chi connectivity index (χ1n) is 21.5. The Morgan fingerprint density at radius 1 is 0.648 bits per heavy atom. The SMILES string of the molecule is CCC/C=C/CC/C=C/CC/C=C/C(O)C(COP(=O)(O)OCCN)NC(=O)CC(O)CCCCCCC/C=C\C/C=C\CCCCCCCCCCC. The molecule has 54 heavy (non-hydrogen) atoms. The van der Waals surface area contributed by atoms with Gasteiger partial charge in [-0.15, -0.1) is 0 Å². The molecular weight excluding hydrogens is 699 g/mol. The first-order valence-corrected chi connectivity index (χ1v) is 23.0. The summed E-state index contributed by atoms with van der Waals surface area (Å²) in [7, 11) is -4.41. The van der Waals surface area contributed by atoms with Crippen LogP contribution in [-0.4, -0.2) is 59.0 Å². The molecule has 0 aromatic heterocycles. The van der Waals surface area contributed by atoms with E-state index in [1.54, 1.807) is 6.08 Å². The van der Waals surface area contributed by atoms with Gasteiger partial charge in [-0.25, -0.2) is 4.57 Å². The van der Waals surface area contributed by atoms with Crippen LogP contribution < -0.4 is 11.1 Å². The quantitative estimate of drug-likeness (QED) is 0.0235. The van der Waals surface area contributed by atoms with Gasteiger partial charge in [-0.05, 0) is 70.6 Å². The number of carbonyl (C=O) groups is 1. The van der Waals surface area contributed by atoms with E-state index in [4.69, 9.17) is 14.8 Å². The van der Waals surface area contributed by atoms with Gasteiger partial charge in [0.25, 0.3) is 0 Å². The van der Waals surface area contributed by atoms with Gasteiger partial charge in [0.05, 0.1) is 37.9 Å². The average molecular weight is 781 g/mol. The van der Waals surface area contributed by atoms with E-state index >= 15 is 0 Å². The van der Waals surface area contributed by atoms with Crippen LogP contribution in [-0.2, 0) is 18.4 Å². The first kappa shape index (κ1) is 52.2. The third-order valence-electron chi connectivity index (χ3n) is 9.08. The molecule has 9 nitrogen and oxygen atoms in total. The number of nitrogens with two attached hydrogens (primary N) is 1. The Labute approximate surface area is 330 Å².